The summed E-state index contributed by atoms with van der Waals surface area (Å²) in [6, 6.07) is 14.6. The molecule has 1 aliphatic rings. The number of hydrogen-bond acceptors (Lipinski definition) is 2. The number of carbonyl (C=O) groups excluding carboxylic acids is 1. The molecule has 126 valence electrons. The van der Waals surface area contributed by atoms with Crippen LogP contribution < -0.4 is 5.32 Å². The molecule has 4 heteroatoms. The normalized spacial score (nSPS) is 14.7. The molecular weight excluding hydrogens is 303 g/mol. The lowest BCUT2D eigenvalue weighted by Gasteiger charge is -2.14. The van der Waals surface area contributed by atoms with Gasteiger partial charge in [0.2, 0.25) is 5.91 Å². The van der Waals surface area contributed by atoms with Crippen LogP contribution in [0.1, 0.15) is 30.4 Å². The van der Waals surface area contributed by atoms with Gasteiger partial charge in [-0.25, -0.2) is 4.39 Å². The van der Waals surface area contributed by atoms with E-state index in [0.717, 1.165) is 12.2 Å². The summed E-state index contributed by atoms with van der Waals surface area (Å²) in [7, 11) is 0. The summed E-state index contributed by atoms with van der Waals surface area (Å²) in [5, 5.41) is 2.88. The minimum atomic E-state index is -0.253. The number of benzene rings is 2. The Morgan fingerprint density at radius 3 is 2.46 bits per heavy atom. The molecule has 1 N–H and O–H groups in total. The van der Waals surface area contributed by atoms with Crippen LogP contribution in [0.25, 0.3) is 0 Å². The Labute approximate surface area is 142 Å². The number of halogens is 1. The summed E-state index contributed by atoms with van der Waals surface area (Å²) < 4.78 is 13.5. The minimum Gasteiger partial charge on any atom is -0.326 e. The van der Waals surface area contributed by atoms with Crippen LogP contribution >= 0.6 is 0 Å². The second-order valence-corrected chi connectivity index (χ2v) is 6.32. The Balaban J connectivity index is 1.48. The van der Waals surface area contributed by atoms with Crippen molar-refractivity contribution >= 4 is 11.6 Å². The average Bonchev–Trinajstić information content (AvgIpc) is 3.09. The zero-order valence-corrected chi connectivity index (χ0v) is 13.8. The largest absolute Gasteiger partial charge is 0.326 e. The number of anilines is 1. The molecule has 1 amide bonds. The number of aryl methyl sites for hydroxylation is 1. The molecule has 0 saturated carbocycles. The van der Waals surface area contributed by atoms with Crippen LogP contribution in [-0.2, 0) is 17.8 Å². The molecule has 3 nitrogen and oxygen atoms in total. The molecule has 0 unspecified atom stereocenters. The molecular formula is C20H23FN2O. The number of nitrogens with one attached hydrogen (secondary N) is 1. The van der Waals surface area contributed by atoms with Crippen LogP contribution in [0.2, 0.25) is 0 Å². The minimum absolute atomic E-state index is 0.0921. The quantitative estimate of drug-likeness (QED) is 0.870. The van der Waals surface area contributed by atoms with E-state index in [9.17, 15) is 9.18 Å². The fourth-order valence-electron chi connectivity index (χ4n) is 3.07. The van der Waals surface area contributed by atoms with Gasteiger partial charge in [0.1, 0.15) is 5.82 Å². The Morgan fingerprint density at radius 1 is 1.04 bits per heavy atom. The highest BCUT2D eigenvalue weighted by molar-refractivity contribution is 5.90. The number of likely N-dealkylation sites (tertiary alicyclic amines) is 1. The Hall–Kier alpha value is -2.20. The predicted molar refractivity (Wildman–Crippen MR) is 94.3 cm³/mol. The smallest absolute Gasteiger partial charge is 0.224 e. The molecule has 0 atom stereocenters. The number of amides is 1. The summed E-state index contributed by atoms with van der Waals surface area (Å²) >= 11 is 0. The molecule has 1 saturated heterocycles. The standard InChI is InChI=1S/C20H23FN2O/c21-19-6-2-1-5-17(19)9-12-20(24)22-18-10-7-16(8-11-18)15-23-13-3-4-14-23/h1-2,5-8,10-11H,3-4,9,12-15H2,(H,22,24). The topological polar surface area (TPSA) is 32.3 Å². The van der Waals surface area contributed by atoms with Crippen molar-refractivity contribution in [2.45, 2.75) is 32.2 Å². The van der Waals surface area contributed by atoms with Gasteiger partial charge in [-0.05, 0) is 61.7 Å². The van der Waals surface area contributed by atoms with Crippen LogP contribution in [0.15, 0.2) is 48.5 Å². The van der Waals surface area contributed by atoms with E-state index >= 15 is 0 Å². The highest BCUT2D eigenvalue weighted by Gasteiger charge is 2.11. The molecule has 1 fully saturated rings. The fraction of sp³-hybridized carbons (Fsp3) is 0.350. The second kappa shape index (κ2) is 8.06. The molecule has 24 heavy (non-hydrogen) atoms. The van der Waals surface area contributed by atoms with Gasteiger partial charge in [0, 0.05) is 18.7 Å². The summed E-state index contributed by atoms with van der Waals surface area (Å²) in [6.07, 6.45) is 3.26. The zero-order valence-electron chi connectivity index (χ0n) is 13.8. The van der Waals surface area contributed by atoms with E-state index in [1.54, 1.807) is 18.2 Å². The van der Waals surface area contributed by atoms with Crippen molar-refractivity contribution in [3.05, 3.63) is 65.5 Å². The van der Waals surface area contributed by atoms with Crippen molar-refractivity contribution < 1.29 is 9.18 Å². The molecule has 0 aromatic heterocycles. The average molecular weight is 326 g/mol. The third-order valence-electron chi connectivity index (χ3n) is 4.42. The summed E-state index contributed by atoms with van der Waals surface area (Å²) in [5.41, 5.74) is 2.63. The van der Waals surface area contributed by atoms with E-state index in [2.05, 4.69) is 22.3 Å². The van der Waals surface area contributed by atoms with Gasteiger partial charge in [-0.2, -0.15) is 0 Å². The van der Waals surface area contributed by atoms with E-state index in [-0.39, 0.29) is 18.1 Å². The van der Waals surface area contributed by atoms with Gasteiger partial charge in [0.05, 0.1) is 0 Å². The third kappa shape index (κ3) is 4.65. The first-order valence-corrected chi connectivity index (χ1v) is 8.55. The van der Waals surface area contributed by atoms with Gasteiger partial charge >= 0.3 is 0 Å². The van der Waals surface area contributed by atoms with Crippen LogP contribution in [0.3, 0.4) is 0 Å². The van der Waals surface area contributed by atoms with Gasteiger partial charge in [-0.15, -0.1) is 0 Å². The van der Waals surface area contributed by atoms with Crippen molar-refractivity contribution in [3.63, 3.8) is 0 Å². The van der Waals surface area contributed by atoms with Crippen LogP contribution in [0, 0.1) is 5.82 Å². The van der Waals surface area contributed by atoms with Gasteiger partial charge < -0.3 is 5.32 Å². The van der Waals surface area contributed by atoms with Crippen molar-refractivity contribution in [2.24, 2.45) is 0 Å². The van der Waals surface area contributed by atoms with Crippen LogP contribution in [0.4, 0.5) is 10.1 Å². The maximum absolute atomic E-state index is 13.5. The van der Waals surface area contributed by atoms with E-state index in [4.69, 9.17) is 0 Å². The van der Waals surface area contributed by atoms with Crippen molar-refractivity contribution in [1.29, 1.82) is 0 Å². The van der Waals surface area contributed by atoms with E-state index < -0.39 is 0 Å². The van der Waals surface area contributed by atoms with E-state index in [0.29, 0.717) is 12.0 Å². The first-order valence-electron chi connectivity index (χ1n) is 8.55. The highest BCUT2D eigenvalue weighted by atomic mass is 19.1. The maximum Gasteiger partial charge on any atom is 0.224 e. The summed E-state index contributed by atoms with van der Waals surface area (Å²) in [5.74, 6) is -0.345. The van der Waals surface area contributed by atoms with Crippen molar-refractivity contribution in [1.82, 2.24) is 4.90 Å². The lowest BCUT2D eigenvalue weighted by Crippen LogP contribution is -2.18. The number of carbonyl (C=O) groups is 1. The highest BCUT2D eigenvalue weighted by Crippen LogP contribution is 2.16. The molecule has 0 aliphatic carbocycles. The molecule has 2 aromatic rings. The molecule has 3 rings (SSSR count). The lowest BCUT2D eigenvalue weighted by atomic mass is 10.1. The lowest BCUT2D eigenvalue weighted by molar-refractivity contribution is -0.116. The predicted octanol–water partition coefficient (Wildman–Crippen LogP) is 3.99. The maximum atomic E-state index is 13.5. The summed E-state index contributed by atoms with van der Waals surface area (Å²) in [6.45, 7) is 3.32. The molecule has 1 heterocycles. The Kier molecular flexibility index (Phi) is 5.59. The zero-order chi connectivity index (χ0) is 16.8. The first kappa shape index (κ1) is 16.7. The number of hydrogen-bond donors (Lipinski definition) is 1. The van der Waals surface area contributed by atoms with Gasteiger partial charge in [0.25, 0.3) is 0 Å². The van der Waals surface area contributed by atoms with Gasteiger partial charge in [0.15, 0.2) is 0 Å². The number of nitrogens with zero attached hydrogens (tertiary/aromatic N) is 1. The first-order chi connectivity index (χ1) is 11.7. The van der Waals surface area contributed by atoms with Crippen LogP contribution in [-0.4, -0.2) is 23.9 Å². The summed E-state index contributed by atoms with van der Waals surface area (Å²) in [4.78, 5) is 14.5. The number of rotatable bonds is 6. The van der Waals surface area contributed by atoms with Crippen molar-refractivity contribution in [2.75, 3.05) is 18.4 Å². The van der Waals surface area contributed by atoms with Crippen molar-refractivity contribution in [3.8, 4) is 0 Å². The van der Waals surface area contributed by atoms with E-state index in [1.807, 2.05) is 12.1 Å². The SMILES string of the molecule is O=C(CCc1ccccc1F)Nc1ccc(CN2CCCC2)cc1. The fourth-order valence-corrected chi connectivity index (χ4v) is 3.07. The second-order valence-electron chi connectivity index (χ2n) is 6.32. The van der Waals surface area contributed by atoms with Gasteiger partial charge in [-0.1, -0.05) is 30.3 Å². The Morgan fingerprint density at radius 2 is 1.75 bits per heavy atom. The third-order valence-corrected chi connectivity index (χ3v) is 4.42. The van der Waals surface area contributed by atoms with Crippen LogP contribution in [0.5, 0.6) is 0 Å². The molecule has 0 spiro atoms. The molecule has 1 aliphatic heterocycles. The van der Waals surface area contributed by atoms with Gasteiger partial charge in [-0.3, -0.25) is 9.69 Å². The monoisotopic (exact) mass is 326 g/mol. The Bertz CT molecular complexity index is 678. The van der Waals surface area contributed by atoms with E-state index in [1.165, 1.54) is 37.6 Å². The molecule has 2 aromatic carbocycles. The molecule has 0 radical (unpaired) electrons. The molecule has 0 bridgehead atoms.